The van der Waals surface area contributed by atoms with Gasteiger partial charge in [0.1, 0.15) is 5.75 Å². The molecule has 0 aromatic heterocycles. The Labute approximate surface area is 232 Å². The van der Waals surface area contributed by atoms with Crippen LogP contribution in [-0.2, 0) is 18.3 Å². The summed E-state index contributed by atoms with van der Waals surface area (Å²) in [5.74, 6) is 0.509. The highest BCUT2D eigenvalue weighted by Gasteiger charge is 2.29. The molecule has 2 aromatic carbocycles. The molecule has 0 saturated carbocycles. The van der Waals surface area contributed by atoms with Crippen LogP contribution in [-0.4, -0.2) is 26.4 Å². The summed E-state index contributed by atoms with van der Waals surface area (Å²) >= 11 is 0. The highest BCUT2D eigenvalue weighted by atomic mass is 31.2. The molecule has 0 aliphatic heterocycles. The molecule has 1 atom stereocenters. The van der Waals surface area contributed by atoms with E-state index in [1.807, 2.05) is 43.3 Å². The summed E-state index contributed by atoms with van der Waals surface area (Å²) < 4.78 is 36.0. The van der Waals surface area contributed by atoms with E-state index in [0.29, 0.717) is 25.6 Å². The Morgan fingerprint density at radius 1 is 0.579 bits per heavy atom. The van der Waals surface area contributed by atoms with Crippen molar-refractivity contribution < 1.29 is 22.9 Å². The zero-order chi connectivity index (χ0) is 27.2. The fraction of sp³-hybridized carbons (Fsp3) is 0.688. The lowest BCUT2D eigenvalue weighted by atomic mass is 10.0. The van der Waals surface area contributed by atoms with Crippen molar-refractivity contribution in [1.82, 2.24) is 0 Å². The number of hydrogen-bond donors (Lipinski definition) is 0. The second-order valence-corrected chi connectivity index (χ2v) is 11.8. The van der Waals surface area contributed by atoms with Gasteiger partial charge in [-0.3, -0.25) is 9.05 Å². The van der Waals surface area contributed by atoms with E-state index in [0.717, 1.165) is 23.6 Å². The largest absolute Gasteiger partial charge is 0.530 e. The van der Waals surface area contributed by atoms with Crippen LogP contribution in [0.1, 0.15) is 117 Å². The molecule has 0 bridgehead atoms. The van der Waals surface area contributed by atoms with E-state index >= 15 is 0 Å². The van der Waals surface area contributed by atoms with E-state index in [1.54, 1.807) is 6.07 Å². The Balaban J connectivity index is 1.58. The van der Waals surface area contributed by atoms with Gasteiger partial charge < -0.3 is 9.26 Å². The van der Waals surface area contributed by atoms with Crippen molar-refractivity contribution in [2.75, 3.05) is 26.4 Å². The Morgan fingerprint density at radius 3 is 1.71 bits per heavy atom. The van der Waals surface area contributed by atoms with Crippen LogP contribution in [0.15, 0.2) is 42.5 Å². The van der Waals surface area contributed by atoms with Gasteiger partial charge in [-0.15, -0.1) is 0 Å². The first kappa shape index (κ1) is 32.8. The molecule has 1 unspecified atom stereocenters. The van der Waals surface area contributed by atoms with E-state index in [-0.39, 0.29) is 6.61 Å². The number of phosphoric ester groups is 1. The fourth-order valence-electron chi connectivity index (χ4n) is 4.66. The van der Waals surface area contributed by atoms with Gasteiger partial charge in [-0.05, 0) is 24.8 Å². The first-order valence-corrected chi connectivity index (χ1v) is 16.8. The van der Waals surface area contributed by atoms with Crippen LogP contribution in [0.5, 0.6) is 5.75 Å². The van der Waals surface area contributed by atoms with Crippen molar-refractivity contribution in [3.8, 4) is 5.75 Å². The van der Waals surface area contributed by atoms with Gasteiger partial charge in [0.25, 0.3) is 0 Å². The van der Waals surface area contributed by atoms with Gasteiger partial charge in [-0.2, -0.15) is 0 Å². The second kappa shape index (κ2) is 21.4. The Kier molecular flexibility index (Phi) is 18.5. The van der Waals surface area contributed by atoms with Crippen LogP contribution >= 0.6 is 7.82 Å². The monoisotopic (exact) mass is 548 g/mol. The lowest BCUT2D eigenvalue weighted by Gasteiger charge is -2.19. The van der Waals surface area contributed by atoms with Crippen molar-refractivity contribution in [3.63, 3.8) is 0 Å². The zero-order valence-electron chi connectivity index (χ0n) is 24.2. The van der Waals surface area contributed by atoms with Crippen LogP contribution < -0.4 is 4.52 Å². The maximum atomic E-state index is 13.4. The summed E-state index contributed by atoms with van der Waals surface area (Å²) in [5.41, 5.74) is 0. The number of rotatable bonds is 25. The molecule has 0 heterocycles. The lowest BCUT2D eigenvalue weighted by Crippen LogP contribution is -2.09. The Hall–Kier alpha value is -1.39. The van der Waals surface area contributed by atoms with E-state index in [4.69, 9.17) is 18.3 Å². The van der Waals surface area contributed by atoms with Gasteiger partial charge in [0.2, 0.25) is 0 Å². The predicted molar refractivity (Wildman–Crippen MR) is 160 cm³/mol. The quantitative estimate of drug-likeness (QED) is 0.0912. The van der Waals surface area contributed by atoms with Crippen LogP contribution in [0.2, 0.25) is 0 Å². The average molecular weight is 549 g/mol. The third kappa shape index (κ3) is 14.7. The molecule has 0 radical (unpaired) electrons. The molecule has 6 heteroatoms. The first-order chi connectivity index (χ1) is 18.7. The highest BCUT2D eigenvalue weighted by molar-refractivity contribution is 7.48. The van der Waals surface area contributed by atoms with Crippen LogP contribution in [0.4, 0.5) is 0 Å². The normalized spacial score (nSPS) is 13.1. The van der Waals surface area contributed by atoms with Gasteiger partial charge in [0.05, 0.1) is 19.8 Å². The molecule has 0 spiro atoms. The molecular formula is C32H53O5P. The third-order valence-electron chi connectivity index (χ3n) is 6.89. The predicted octanol–water partition coefficient (Wildman–Crippen LogP) is 10.7. The minimum absolute atomic E-state index is 0.162. The molecule has 0 aliphatic rings. The average Bonchev–Trinajstić information content (AvgIpc) is 2.93. The van der Waals surface area contributed by atoms with Gasteiger partial charge in [-0.25, -0.2) is 4.57 Å². The van der Waals surface area contributed by atoms with Crippen LogP contribution in [0.3, 0.4) is 0 Å². The maximum Gasteiger partial charge on any atom is 0.530 e. The molecule has 0 fully saturated rings. The van der Waals surface area contributed by atoms with Crippen molar-refractivity contribution >= 4 is 18.6 Å². The first-order valence-electron chi connectivity index (χ1n) is 15.3. The summed E-state index contributed by atoms with van der Waals surface area (Å²) in [7, 11) is -3.76. The smallest absolute Gasteiger partial charge is 0.403 e. The van der Waals surface area contributed by atoms with Gasteiger partial charge >= 0.3 is 7.82 Å². The number of ether oxygens (including phenoxy) is 1. The van der Waals surface area contributed by atoms with Gasteiger partial charge in [0.15, 0.2) is 0 Å². The molecule has 2 aromatic rings. The van der Waals surface area contributed by atoms with Gasteiger partial charge in [0, 0.05) is 12.0 Å². The topological polar surface area (TPSA) is 54.0 Å². The standard InChI is InChI=1S/C32H53O5P/c1-3-5-6-7-8-9-10-11-12-13-14-15-16-17-18-21-27-35-38(33,36-29-28-34-4-2)37-32-26-22-24-30-23-19-20-25-31(30)32/h19-20,22-26H,3-18,21,27-29H2,1-2H3. The zero-order valence-corrected chi connectivity index (χ0v) is 25.1. The maximum absolute atomic E-state index is 13.4. The molecule has 0 saturated heterocycles. The highest BCUT2D eigenvalue weighted by Crippen LogP contribution is 2.50. The molecule has 5 nitrogen and oxygen atoms in total. The number of phosphoric acid groups is 1. The van der Waals surface area contributed by atoms with Crippen molar-refractivity contribution in [1.29, 1.82) is 0 Å². The molecular weight excluding hydrogens is 495 g/mol. The molecule has 38 heavy (non-hydrogen) atoms. The van der Waals surface area contributed by atoms with Crippen LogP contribution in [0, 0.1) is 0 Å². The van der Waals surface area contributed by atoms with E-state index < -0.39 is 7.82 Å². The molecule has 0 aliphatic carbocycles. The van der Waals surface area contributed by atoms with E-state index in [9.17, 15) is 4.57 Å². The summed E-state index contributed by atoms with van der Waals surface area (Å²) in [5, 5.41) is 1.90. The summed E-state index contributed by atoms with van der Waals surface area (Å²) in [6.07, 6.45) is 21.0. The van der Waals surface area contributed by atoms with Crippen molar-refractivity contribution in [3.05, 3.63) is 42.5 Å². The fourth-order valence-corrected chi connectivity index (χ4v) is 5.90. The van der Waals surface area contributed by atoms with Crippen LogP contribution in [0.25, 0.3) is 10.8 Å². The summed E-state index contributed by atoms with van der Waals surface area (Å²) in [6, 6.07) is 13.5. The molecule has 2 rings (SSSR count). The second-order valence-electron chi connectivity index (χ2n) is 10.2. The molecule has 0 N–H and O–H groups in total. The van der Waals surface area contributed by atoms with Crippen molar-refractivity contribution in [2.24, 2.45) is 0 Å². The van der Waals surface area contributed by atoms with E-state index in [2.05, 4.69) is 6.92 Å². The minimum Gasteiger partial charge on any atom is -0.403 e. The number of hydrogen-bond acceptors (Lipinski definition) is 5. The SMILES string of the molecule is CCCCCCCCCCCCCCCCCCOP(=O)(OCCOCC)Oc1cccc2ccccc12. The number of fused-ring (bicyclic) bond motifs is 1. The molecule has 0 amide bonds. The Bertz CT molecular complexity index is 882. The minimum atomic E-state index is -3.76. The molecule has 216 valence electrons. The Morgan fingerprint density at radius 2 is 1.11 bits per heavy atom. The lowest BCUT2D eigenvalue weighted by molar-refractivity contribution is 0.0847. The summed E-state index contributed by atoms with van der Waals surface area (Å²) in [6.45, 7) is 5.64. The number of unbranched alkanes of at least 4 members (excludes halogenated alkanes) is 15. The van der Waals surface area contributed by atoms with Crippen molar-refractivity contribution in [2.45, 2.75) is 117 Å². The summed E-state index contributed by atoms with van der Waals surface area (Å²) in [4.78, 5) is 0. The van der Waals surface area contributed by atoms with E-state index in [1.165, 1.54) is 89.9 Å². The van der Waals surface area contributed by atoms with Gasteiger partial charge in [-0.1, -0.05) is 140 Å². The third-order valence-corrected chi connectivity index (χ3v) is 8.31. The number of benzene rings is 2.